The van der Waals surface area contributed by atoms with E-state index in [-0.39, 0.29) is 5.56 Å². The predicted molar refractivity (Wildman–Crippen MR) is 117 cm³/mol. The molecule has 3 rings (SSSR count). The number of carbonyl (C=O) groups excluding carboxylic acids is 2. The number of alkyl carbamates (subject to hydrolysis) is 1. The molecule has 0 aliphatic carbocycles. The Morgan fingerprint density at radius 2 is 1.55 bits per heavy atom. The van der Waals surface area contributed by atoms with Gasteiger partial charge in [-0.3, -0.25) is 9.78 Å². The second kappa shape index (κ2) is 9.38. The lowest BCUT2D eigenvalue weighted by atomic mass is 10.0. The van der Waals surface area contributed by atoms with Crippen LogP contribution in [0, 0.1) is 5.82 Å². The Labute approximate surface area is 180 Å². The Balaban J connectivity index is 1.79. The van der Waals surface area contributed by atoms with Crippen LogP contribution in [0.25, 0.3) is 11.1 Å². The molecule has 0 aliphatic heterocycles. The van der Waals surface area contributed by atoms with Crippen molar-refractivity contribution in [3.63, 3.8) is 0 Å². The van der Waals surface area contributed by atoms with E-state index in [0.29, 0.717) is 5.69 Å². The van der Waals surface area contributed by atoms with E-state index >= 15 is 0 Å². The first kappa shape index (κ1) is 22.0. The van der Waals surface area contributed by atoms with Gasteiger partial charge in [-0.05, 0) is 62.2 Å². The van der Waals surface area contributed by atoms with Crippen molar-refractivity contribution in [1.29, 1.82) is 0 Å². The summed E-state index contributed by atoms with van der Waals surface area (Å²) in [5.41, 5.74) is 1.74. The molecule has 0 saturated carbocycles. The highest BCUT2D eigenvalue weighted by molar-refractivity contribution is 5.97. The standard InChI is InChI=1S/C24H24FN3O3/c1-24(2,3)31-23(30)28-21(19-6-4-5-7-20(19)25)22(29)27-18-10-8-16(9-11-18)17-12-14-26-15-13-17/h4-15,21H,1-3H3,(H,27,29)(H,28,30). The van der Waals surface area contributed by atoms with Crippen molar-refractivity contribution in [2.45, 2.75) is 32.4 Å². The minimum atomic E-state index is -1.27. The largest absolute Gasteiger partial charge is 0.444 e. The zero-order valence-electron chi connectivity index (χ0n) is 17.6. The maximum Gasteiger partial charge on any atom is 0.408 e. The maximum absolute atomic E-state index is 14.4. The van der Waals surface area contributed by atoms with E-state index in [1.165, 1.54) is 18.2 Å². The molecule has 2 aromatic carbocycles. The van der Waals surface area contributed by atoms with Crippen molar-refractivity contribution < 1.29 is 18.7 Å². The summed E-state index contributed by atoms with van der Waals surface area (Å²) >= 11 is 0. The van der Waals surface area contributed by atoms with Gasteiger partial charge in [0.05, 0.1) is 0 Å². The quantitative estimate of drug-likeness (QED) is 0.601. The van der Waals surface area contributed by atoms with E-state index in [4.69, 9.17) is 4.74 Å². The monoisotopic (exact) mass is 421 g/mol. The first-order valence-electron chi connectivity index (χ1n) is 9.78. The summed E-state index contributed by atoms with van der Waals surface area (Å²) in [6, 6.07) is 15.5. The first-order valence-corrected chi connectivity index (χ1v) is 9.78. The van der Waals surface area contributed by atoms with Gasteiger partial charge in [-0.15, -0.1) is 0 Å². The molecule has 1 aromatic heterocycles. The molecule has 2 amide bonds. The van der Waals surface area contributed by atoms with Gasteiger partial charge < -0.3 is 15.4 Å². The number of hydrogen-bond acceptors (Lipinski definition) is 4. The Morgan fingerprint density at radius 3 is 2.16 bits per heavy atom. The van der Waals surface area contributed by atoms with E-state index in [0.717, 1.165) is 11.1 Å². The molecule has 0 fully saturated rings. The zero-order chi connectivity index (χ0) is 22.4. The van der Waals surface area contributed by atoms with Crippen LogP contribution in [0.2, 0.25) is 0 Å². The minimum absolute atomic E-state index is 0.0410. The van der Waals surface area contributed by atoms with Gasteiger partial charge in [0, 0.05) is 23.6 Å². The molecule has 160 valence electrons. The van der Waals surface area contributed by atoms with Gasteiger partial charge in [-0.25, -0.2) is 9.18 Å². The van der Waals surface area contributed by atoms with Gasteiger partial charge in [0.2, 0.25) is 0 Å². The van der Waals surface area contributed by atoms with E-state index < -0.39 is 29.5 Å². The van der Waals surface area contributed by atoms with E-state index in [9.17, 15) is 14.0 Å². The lowest BCUT2D eigenvalue weighted by Gasteiger charge is -2.23. The number of anilines is 1. The summed E-state index contributed by atoms with van der Waals surface area (Å²) < 4.78 is 19.6. The Hall–Kier alpha value is -3.74. The zero-order valence-corrected chi connectivity index (χ0v) is 17.6. The Bertz CT molecular complexity index is 1050. The fourth-order valence-electron chi connectivity index (χ4n) is 2.92. The molecule has 1 heterocycles. The van der Waals surface area contributed by atoms with Crippen LogP contribution in [0.5, 0.6) is 0 Å². The summed E-state index contributed by atoms with van der Waals surface area (Å²) in [5, 5.41) is 5.19. The smallest absolute Gasteiger partial charge is 0.408 e. The third-order valence-electron chi connectivity index (χ3n) is 4.31. The fourth-order valence-corrected chi connectivity index (χ4v) is 2.92. The highest BCUT2D eigenvalue weighted by atomic mass is 19.1. The molecular formula is C24H24FN3O3. The van der Waals surface area contributed by atoms with Crippen molar-refractivity contribution in [3.8, 4) is 11.1 Å². The van der Waals surface area contributed by atoms with E-state index in [1.807, 2.05) is 24.3 Å². The number of ether oxygens (including phenoxy) is 1. The fraction of sp³-hybridized carbons (Fsp3) is 0.208. The highest BCUT2D eigenvalue weighted by Crippen LogP contribution is 2.23. The second-order valence-corrected chi connectivity index (χ2v) is 7.90. The van der Waals surface area contributed by atoms with Crippen LogP contribution in [-0.4, -0.2) is 22.6 Å². The second-order valence-electron chi connectivity index (χ2n) is 7.90. The van der Waals surface area contributed by atoms with Crippen LogP contribution in [-0.2, 0) is 9.53 Å². The molecule has 7 heteroatoms. The van der Waals surface area contributed by atoms with Crippen LogP contribution < -0.4 is 10.6 Å². The number of pyridine rings is 1. The minimum Gasteiger partial charge on any atom is -0.444 e. The first-order chi connectivity index (χ1) is 14.7. The number of amides is 2. The molecule has 1 atom stereocenters. The van der Waals surface area contributed by atoms with Crippen LogP contribution >= 0.6 is 0 Å². The summed E-state index contributed by atoms with van der Waals surface area (Å²) in [5.74, 6) is -1.20. The third kappa shape index (κ3) is 6.12. The van der Waals surface area contributed by atoms with Crippen molar-refractivity contribution in [2.24, 2.45) is 0 Å². The lowest BCUT2D eigenvalue weighted by molar-refractivity contribution is -0.118. The summed E-state index contributed by atoms with van der Waals surface area (Å²) in [4.78, 5) is 29.2. The summed E-state index contributed by atoms with van der Waals surface area (Å²) in [6.45, 7) is 5.11. The molecule has 0 saturated heterocycles. The van der Waals surface area contributed by atoms with Gasteiger partial charge in [0.15, 0.2) is 0 Å². The number of aromatic nitrogens is 1. The molecule has 2 N–H and O–H groups in total. The molecule has 1 unspecified atom stereocenters. The van der Waals surface area contributed by atoms with Crippen molar-refractivity contribution in [3.05, 3.63) is 84.4 Å². The molecule has 0 bridgehead atoms. The van der Waals surface area contributed by atoms with Crippen LogP contribution in [0.4, 0.5) is 14.9 Å². The van der Waals surface area contributed by atoms with Crippen molar-refractivity contribution >= 4 is 17.7 Å². The SMILES string of the molecule is CC(C)(C)OC(=O)NC(C(=O)Nc1ccc(-c2ccncc2)cc1)c1ccccc1F. The Morgan fingerprint density at radius 1 is 0.935 bits per heavy atom. The van der Waals surface area contributed by atoms with Crippen LogP contribution in [0.15, 0.2) is 73.1 Å². The van der Waals surface area contributed by atoms with Crippen LogP contribution in [0.1, 0.15) is 32.4 Å². The predicted octanol–water partition coefficient (Wildman–Crippen LogP) is 5.09. The van der Waals surface area contributed by atoms with Crippen molar-refractivity contribution in [2.75, 3.05) is 5.32 Å². The molecule has 3 aromatic rings. The van der Waals surface area contributed by atoms with Crippen molar-refractivity contribution in [1.82, 2.24) is 10.3 Å². The molecule has 31 heavy (non-hydrogen) atoms. The average molecular weight is 421 g/mol. The summed E-state index contributed by atoms with van der Waals surface area (Å²) in [7, 11) is 0. The summed E-state index contributed by atoms with van der Waals surface area (Å²) in [6.07, 6.45) is 2.59. The van der Waals surface area contributed by atoms with Gasteiger partial charge >= 0.3 is 6.09 Å². The van der Waals surface area contributed by atoms with Gasteiger partial charge in [-0.2, -0.15) is 0 Å². The Kier molecular flexibility index (Phi) is 6.65. The number of nitrogens with one attached hydrogen (secondary N) is 2. The number of carbonyl (C=O) groups is 2. The van der Waals surface area contributed by atoms with Gasteiger partial charge in [0.25, 0.3) is 5.91 Å². The molecular weight excluding hydrogens is 397 g/mol. The highest BCUT2D eigenvalue weighted by Gasteiger charge is 2.28. The van der Waals surface area contributed by atoms with E-state index in [2.05, 4.69) is 15.6 Å². The number of halogens is 1. The topological polar surface area (TPSA) is 80.3 Å². The van der Waals surface area contributed by atoms with E-state index in [1.54, 1.807) is 51.4 Å². The third-order valence-corrected chi connectivity index (χ3v) is 4.31. The van der Waals surface area contributed by atoms with Gasteiger partial charge in [-0.1, -0.05) is 30.3 Å². The number of rotatable bonds is 5. The molecule has 0 aliphatic rings. The lowest BCUT2D eigenvalue weighted by Crippen LogP contribution is -2.40. The number of nitrogens with zero attached hydrogens (tertiary/aromatic N) is 1. The molecule has 0 spiro atoms. The molecule has 0 radical (unpaired) electrons. The number of benzene rings is 2. The number of hydrogen-bond donors (Lipinski definition) is 2. The normalized spacial score (nSPS) is 12.0. The molecule has 6 nitrogen and oxygen atoms in total. The maximum atomic E-state index is 14.4. The van der Waals surface area contributed by atoms with Gasteiger partial charge in [0.1, 0.15) is 17.5 Å². The van der Waals surface area contributed by atoms with Crippen LogP contribution in [0.3, 0.4) is 0 Å². The average Bonchev–Trinajstić information content (AvgIpc) is 2.72.